The van der Waals surface area contributed by atoms with E-state index in [1.807, 2.05) is 0 Å². The predicted octanol–water partition coefficient (Wildman–Crippen LogP) is 16.3. The molecule has 0 saturated heterocycles. The summed E-state index contributed by atoms with van der Waals surface area (Å²) in [6.07, 6.45) is 0. The highest BCUT2D eigenvalue weighted by atomic mass is 15.1. The van der Waals surface area contributed by atoms with Crippen molar-refractivity contribution in [3.63, 3.8) is 0 Å². The fraction of sp³-hybridized carbons (Fsp3) is 0. The van der Waals surface area contributed by atoms with Crippen molar-refractivity contribution in [3.8, 4) is 66.8 Å². The van der Waals surface area contributed by atoms with Crippen molar-refractivity contribution in [2.24, 2.45) is 0 Å². The zero-order valence-electron chi connectivity index (χ0n) is 32.6. The van der Waals surface area contributed by atoms with Crippen molar-refractivity contribution < 1.29 is 0 Å². The summed E-state index contributed by atoms with van der Waals surface area (Å²) in [5.74, 6) is 0. The Hall–Kier alpha value is -7.74. The van der Waals surface area contributed by atoms with Crippen LogP contribution in [0.4, 0.5) is 17.1 Å². The van der Waals surface area contributed by atoms with E-state index in [9.17, 15) is 0 Å². The molecule has 10 aromatic rings. The van der Waals surface area contributed by atoms with Gasteiger partial charge < -0.3 is 4.90 Å². The van der Waals surface area contributed by atoms with E-state index in [4.69, 9.17) is 0 Å². The van der Waals surface area contributed by atoms with E-state index in [1.54, 1.807) is 0 Å². The van der Waals surface area contributed by atoms with Crippen LogP contribution < -0.4 is 4.90 Å². The van der Waals surface area contributed by atoms with Crippen LogP contribution >= 0.6 is 0 Å². The standard InChI is InChI=1S/C58H41N/c1-4-17-42(18-5-1)53-26-12-14-28-56(53)57-29-15-13-27-54(57)47-33-37-49(38-34-47)59(48-35-31-46(32-36-48)52-30-16-24-44-23-10-11-25-51(44)52)50-39-40-55(43-19-6-2-7-20-43)58(41-50)45-21-8-3-9-22-45/h1-41H. The molecule has 59 heavy (non-hydrogen) atoms. The Morgan fingerprint density at radius 3 is 1.10 bits per heavy atom. The van der Waals surface area contributed by atoms with Gasteiger partial charge in [-0.1, -0.05) is 212 Å². The lowest BCUT2D eigenvalue weighted by Crippen LogP contribution is -2.10. The lowest BCUT2D eigenvalue weighted by molar-refractivity contribution is 1.28. The van der Waals surface area contributed by atoms with Crippen LogP contribution in [0.3, 0.4) is 0 Å². The van der Waals surface area contributed by atoms with Gasteiger partial charge in [0.25, 0.3) is 0 Å². The Morgan fingerprint density at radius 1 is 0.203 bits per heavy atom. The Labute approximate surface area is 346 Å². The molecule has 0 N–H and O–H groups in total. The minimum absolute atomic E-state index is 1.08. The third kappa shape index (κ3) is 7.12. The fourth-order valence-electron chi connectivity index (χ4n) is 8.46. The van der Waals surface area contributed by atoms with Gasteiger partial charge >= 0.3 is 0 Å². The second-order valence-electron chi connectivity index (χ2n) is 14.9. The zero-order chi connectivity index (χ0) is 39.4. The van der Waals surface area contributed by atoms with Crippen LogP contribution in [0, 0.1) is 0 Å². The number of rotatable bonds is 9. The van der Waals surface area contributed by atoms with Gasteiger partial charge in [0.15, 0.2) is 0 Å². The van der Waals surface area contributed by atoms with E-state index >= 15 is 0 Å². The van der Waals surface area contributed by atoms with Crippen molar-refractivity contribution >= 4 is 27.8 Å². The van der Waals surface area contributed by atoms with Gasteiger partial charge in [-0.25, -0.2) is 0 Å². The number of fused-ring (bicyclic) bond motifs is 1. The average molecular weight is 752 g/mol. The summed E-state index contributed by atoms with van der Waals surface area (Å²) in [6.45, 7) is 0. The van der Waals surface area contributed by atoms with E-state index in [1.165, 1.54) is 77.5 Å². The lowest BCUT2D eigenvalue weighted by Gasteiger charge is -2.27. The zero-order valence-corrected chi connectivity index (χ0v) is 32.6. The van der Waals surface area contributed by atoms with Crippen LogP contribution in [0.5, 0.6) is 0 Å². The van der Waals surface area contributed by atoms with Crippen molar-refractivity contribution in [3.05, 3.63) is 249 Å². The van der Waals surface area contributed by atoms with E-state index in [0.717, 1.165) is 17.1 Å². The van der Waals surface area contributed by atoms with Gasteiger partial charge in [0, 0.05) is 17.1 Å². The first-order chi connectivity index (χ1) is 29.3. The maximum Gasteiger partial charge on any atom is 0.0468 e. The highest BCUT2D eigenvalue weighted by molar-refractivity contribution is 5.97. The fourth-order valence-corrected chi connectivity index (χ4v) is 8.46. The number of benzene rings is 10. The van der Waals surface area contributed by atoms with Gasteiger partial charge in [-0.05, 0) is 114 Å². The van der Waals surface area contributed by atoms with Gasteiger partial charge in [0.2, 0.25) is 0 Å². The van der Waals surface area contributed by atoms with Crippen LogP contribution in [0.15, 0.2) is 249 Å². The molecule has 1 nitrogen and oxygen atoms in total. The molecule has 0 bridgehead atoms. The smallest absolute Gasteiger partial charge is 0.0468 e. The average Bonchev–Trinajstić information content (AvgIpc) is 3.33. The summed E-state index contributed by atoms with van der Waals surface area (Å²) in [7, 11) is 0. The number of nitrogens with zero attached hydrogens (tertiary/aromatic N) is 1. The van der Waals surface area contributed by atoms with E-state index < -0.39 is 0 Å². The van der Waals surface area contributed by atoms with Gasteiger partial charge in [-0.3, -0.25) is 0 Å². The maximum absolute atomic E-state index is 2.38. The van der Waals surface area contributed by atoms with Crippen LogP contribution in [-0.4, -0.2) is 0 Å². The third-order valence-electron chi connectivity index (χ3n) is 11.3. The Bertz CT molecular complexity index is 3000. The van der Waals surface area contributed by atoms with Gasteiger partial charge in [-0.15, -0.1) is 0 Å². The summed E-state index contributed by atoms with van der Waals surface area (Å²) in [4.78, 5) is 2.38. The van der Waals surface area contributed by atoms with Gasteiger partial charge in [-0.2, -0.15) is 0 Å². The van der Waals surface area contributed by atoms with E-state index in [-0.39, 0.29) is 0 Å². The molecule has 0 spiro atoms. The van der Waals surface area contributed by atoms with Crippen molar-refractivity contribution in [1.82, 2.24) is 0 Å². The summed E-state index contributed by atoms with van der Waals surface area (Å²) >= 11 is 0. The Kier molecular flexibility index (Phi) is 9.68. The largest absolute Gasteiger partial charge is 0.310 e. The number of anilines is 3. The molecule has 0 unspecified atom stereocenters. The molecule has 0 atom stereocenters. The van der Waals surface area contributed by atoms with Gasteiger partial charge in [0.05, 0.1) is 0 Å². The van der Waals surface area contributed by atoms with E-state index in [0.29, 0.717) is 0 Å². The van der Waals surface area contributed by atoms with E-state index in [2.05, 4.69) is 254 Å². The van der Waals surface area contributed by atoms with Crippen molar-refractivity contribution in [2.45, 2.75) is 0 Å². The molecule has 10 aromatic carbocycles. The molecular weight excluding hydrogens is 711 g/mol. The molecule has 0 aliphatic carbocycles. The first-order valence-electron chi connectivity index (χ1n) is 20.3. The normalized spacial score (nSPS) is 11.1. The molecule has 0 radical (unpaired) electrons. The molecule has 1 heteroatoms. The second kappa shape index (κ2) is 16.0. The molecule has 0 aromatic heterocycles. The molecular formula is C58H41N. The first-order valence-corrected chi connectivity index (χ1v) is 20.3. The van der Waals surface area contributed by atoms with Crippen molar-refractivity contribution in [1.29, 1.82) is 0 Å². The molecule has 0 heterocycles. The second-order valence-corrected chi connectivity index (χ2v) is 14.9. The Balaban J connectivity index is 1.10. The predicted molar refractivity (Wildman–Crippen MR) is 251 cm³/mol. The lowest BCUT2D eigenvalue weighted by atomic mass is 9.89. The summed E-state index contributed by atoms with van der Waals surface area (Å²) in [6, 6.07) is 89.8. The summed E-state index contributed by atoms with van der Waals surface area (Å²) in [5, 5.41) is 2.50. The molecule has 0 aliphatic rings. The Morgan fingerprint density at radius 2 is 0.559 bits per heavy atom. The molecule has 278 valence electrons. The molecule has 0 saturated carbocycles. The number of hydrogen-bond donors (Lipinski definition) is 0. The maximum atomic E-state index is 2.38. The molecule has 0 fully saturated rings. The van der Waals surface area contributed by atoms with Crippen LogP contribution in [0.2, 0.25) is 0 Å². The van der Waals surface area contributed by atoms with Crippen molar-refractivity contribution in [2.75, 3.05) is 4.90 Å². The molecule has 0 aliphatic heterocycles. The van der Waals surface area contributed by atoms with Gasteiger partial charge in [0.1, 0.15) is 0 Å². The third-order valence-corrected chi connectivity index (χ3v) is 11.3. The topological polar surface area (TPSA) is 3.24 Å². The highest BCUT2D eigenvalue weighted by Gasteiger charge is 2.18. The minimum Gasteiger partial charge on any atom is -0.310 e. The monoisotopic (exact) mass is 751 g/mol. The quantitative estimate of drug-likeness (QED) is 0.142. The minimum atomic E-state index is 1.08. The van der Waals surface area contributed by atoms with Crippen LogP contribution in [-0.2, 0) is 0 Å². The summed E-state index contributed by atoms with van der Waals surface area (Å²) in [5.41, 5.74) is 17.7. The summed E-state index contributed by atoms with van der Waals surface area (Å²) < 4.78 is 0. The molecule has 0 amide bonds. The molecule has 10 rings (SSSR count). The highest BCUT2D eigenvalue weighted by Crippen LogP contribution is 2.43. The number of hydrogen-bond acceptors (Lipinski definition) is 1. The van der Waals surface area contributed by atoms with Crippen LogP contribution in [0.1, 0.15) is 0 Å². The van der Waals surface area contributed by atoms with Crippen LogP contribution in [0.25, 0.3) is 77.5 Å². The first kappa shape index (κ1) is 35.7. The SMILES string of the molecule is c1ccc(-c2ccc(N(c3ccc(-c4ccccc4-c4ccccc4-c4ccccc4)cc3)c3ccc(-c4cccc5ccccc45)cc3)cc2-c2ccccc2)cc1.